The van der Waals surface area contributed by atoms with Gasteiger partial charge < -0.3 is 14.0 Å². The number of phosphoric ester groups is 1. The zero-order valence-electron chi connectivity index (χ0n) is 17.1. The van der Waals surface area contributed by atoms with Gasteiger partial charge >= 0.3 is 13.8 Å². The zero-order valence-corrected chi connectivity index (χ0v) is 18.0. The molecule has 0 radical (unpaired) electrons. The fraction of sp³-hybridized carbons (Fsp3) is 0.130. The molecule has 0 saturated carbocycles. The minimum Gasteiger partial charge on any atom is -0.478 e. The van der Waals surface area contributed by atoms with E-state index >= 15 is 0 Å². The van der Waals surface area contributed by atoms with Gasteiger partial charge in [0.15, 0.2) is 5.43 Å². The van der Waals surface area contributed by atoms with Gasteiger partial charge in [0, 0.05) is 28.6 Å². The molecule has 2 aromatic carbocycles. The van der Waals surface area contributed by atoms with Crippen LogP contribution in [0.4, 0.5) is 0 Å². The summed E-state index contributed by atoms with van der Waals surface area (Å²) >= 11 is 0. The molecule has 2 aromatic rings. The summed E-state index contributed by atoms with van der Waals surface area (Å²) < 4.78 is 21.7. The van der Waals surface area contributed by atoms with Gasteiger partial charge in [-0.2, -0.15) is 0 Å². The Morgan fingerprint density at radius 2 is 1.75 bits per heavy atom. The summed E-state index contributed by atoms with van der Waals surface area (Å²) in [5, 5.41) is 10.3. The minimum absolute atomic E-state index is 0.0740. The molecule has 0 saturated heterocycles. The minimum atomic E-state index is -4.80. The Kier molecular flexibility index (Phi) is 5.38. The molecule has 2 aliphatic rings. The molecule has 0 fully saturated rings. The predicted octanol–water partition coefficient (Wildman–Crippen LogP) is 4.86. The SMILES string of the molecule is CC(C)c1ccc(C(=O)O)c(-c2c3ccc(=O)cc-3oc3cc(OP(=O)(O)O)ccc23)c1. The van der Waals surface area contributed by atoms with Crippen LogP contribution >= 0.6 is 7.82 Å². The molecule has 1 aliphatic carbocycles. The van der Waals surface area contributed by atoms with Crippen molar-refractivity contribution in [1.29, 1.82) is 0 Å². The Bertz CT molecular complexity index is 1430. The second-order valence-corrected chi connectivity index (χ2v) is 8.80. The summed E-state index contributed by atoms with van der Waals surface area (Å²) in [7, 11) is -4.80. The fourth-order valence-corrected chi connectivity index (χ4v) is 4.04. The van der Waals surface area contributed by atoms with Gasteiger partial charge in [0.1, 0.15) is 17.1 Å². The van der Waals surface area contributed by atoms with Crippen molar-refractivity contribution in [2.45, 2.75) is 19.8 Å². The summed E-state index contributed by atoms with van der Waals surface area (Å²) in [6.45, 7) is 3.98. The average Bonchev–Trinajstić information content (AvgIpc) is 2.70. The van der Waals surface area contributed by atoms with E-state index in [1.54, 1.807) is 24.3 Å². The Hall–Kier alpha value is -3.45. The van der Waals surface area contributed by atoms with Crippen LogP contribution in [0.25, 0.3) is 33.4 Å². The van der Waals surface area contributed by atoms with Gasteiger partial charge in [0.05, 0.1) is 5.56 Å². The fourth-order valence-electron chi connectivity index (χ4n) is 3.65. The molecule has 32 heavy (non-hydrogen) atoms. The second kappa shape index (κ2) is 7.91. The van der Waals surface area contributed by atoms with Crippen LogP contribution in [-0.4, -0.2) is 20.9 Å². The van der Waals surface area contributed by atoms with E-state index in [9.17, 15) is 19.3 Å². The van der Waals surface area contributed by atoms with Crippen LogP contribution in [0, 0.1) is 0 Å². The van der Waals surface area contributed by atoms with Crippen LogP contribution in [0.3, 0.4) is 0 Å². The van der Waals surface area contributed by atoms with Gasteiger partial charge in [-0.1, -0.05) is 19.9 Å². The van der Waals surface area contributed by atoms with E-state index in [-0.39, 0.29) is 34.0 Å². The molecule has 8 nitrogen and oxygen atoms in total. The Balaban J connectivity index is 2.12. The number of aromatic carboxylic acids is 1. The maximum atomic E-state index is 12.0. The van der Waals surface area contributed by atoms with E-state index < -0.39 is 13.8 Å². The third kappa shape index (κ3) is 4.16. The van der Waals surface area contributed by atoms with Crippen molar-refractivity contribution >= 4 is 24.8 Å². The molecule has 4 rings (SSSR count). The van der Waals surface area contributed by atoms with Gasteiger partial charge in [0.25, 0.3) is 0 Å². The summed E-state index contributed by atoms with van der Waals surface area (Å²) in [6, 6.07) is 13.5. The van der Waals surface area contributed by atoms with Gasteiger partial charge in [-0.3, -0.25) is 14.6 Å². The van der Waals surface area contributed by atoms with Crippen molar-refractivity contribution in [3.8, 4) is 28.2 Å². The molecule has 1 heterocycles. The highest BCUT2D eigenvalue weighted by molar-refractivity contribution is 7.46. The Morgan fingerprint density at radius 1 is 1.00 bits per heavy atom. The maximum Gasteiger partial charge on any atom is 0.524 e. The number of carboxylic acids is 1. The van der Waals surface area contributed by atoms with Crippen molar-refractivity contribution in [3.05, 3.63) is 75.9 Å². The summed E-state index contributed by atoms with van der Waals surface area (Å²) in [5.41, 5.74) is 2.38. The van der Waals surface area contributed by atoms with E-state index in [4.69, 9.17) is 14.2 Å². The van der Waals surface area contributed by atoms with E-state index in [1.807, 2.05) is 13.8 Å². The Morgan fingerprint density at radius 3 is 2.41 bits per heavy atom. The average molecular weight is 454 g/mol. The van der Waals surface area contributed by atoms with Gasteiger partial charge in [0.2, 0.25) is 0 Å². The van der Waals surface area contributed by atoms with E-state index in [0.29, 0.717) is 22.1 Å². The van der Waals surface area contributed by atoms with Gasteiger partial charge in [-0.15, -0.1) is 0 Å². The highest BCUT2D eigenvalue weighted by Crippen LogP contribution is 2.44. The number of hydrogen-bond acceptors (Lipinski definition) is 5. The van der Waals surface area contributed by atoms with Crippen molar-refractivity contribution in [2.24, 2.45) is 0 Å². The largest absolute Gasteiger partial charge is 0.524 e. The molecule has 0 aromatic heterocycles. The predicted molar refractivity (Wildman–Crippen MR) is 118 cm³/mol. The molecular weight excluding hydrogens is 435 g/mol. The summed E-state index contributed by atoms with van der Waals surface area (Å²) in [5.74, 6) is -0.898. The highest BCUT2D eigenvalue weighted by Gasteiger charge is 2.23. The molecule has 0 bridgehead atoms. The first-order chi connectivity index (χ1) is 15.0. The quantitative estimate of drug-likeness (QED) is 0.288. The first-order valence-corrected chi connectivity index (χ1v) is 11.2. The van der Waals surface area contributed by atoms with Crippen molar-refractivity contribution in [1.82, 2.24) is 0 Å². The number of rotatable bonds is 5. The maximum absolute atomic E-state index is 12.0. The number of fused-ring (bicyclic) bond motifs is 2. The third-order valence-corrected chi connectivity index (χ3v) is 5.55. The lowest BCUT2D eigenvalue weighted by atomic mass is 9.88. The number of carbonyl (C=O) groups is 1. The van der Waals surface area contributed by atoms with Gasteiger partial charge in [-0.25, -0.2) is 9.36 Å². The molecule has 9 heteroatoms. The van der Waals surface area contributed by atoms with Crippen LogP contribution in [0.5, 0.6) is 5.75 Å². The molecule has 0 atom stereocenters. The smallest absolute Gasteiger partial charge is 0.478 e. The lowest BCUT2D eigenvalue weighted by Gasteiger charge is -2.18. The standard InChI is InChI=1S/C23H19O8P/c1-12(2)13-3-6-16(23(25)26)19(9-13)22-17-7-4-14(24)10-20(17)30-21-11-15(5-8-18(21)22)31-32(27,28)29/h3-12H,1-2H3,(H,25,26)(H2,27,28,29). The summed E-state index contributed by atoms with van der Waals surface area (Å²) in [4.78, 5) is 42.2. The zero-order chi connectivity index (χ0) is 23.2. The molecule has 3 N–H and O–H groups in total. The normalized spacial score (nSPS) is 11.9. The molecule has 164 valence electrons. The lowest BCUT2D eigenvalue weighted by molar-refractivity contribution is 0.0697. The van der Waals surface area contributed by atoms with Crippen LogP contribution in [0.2, 0.25) is 0 Å². The third-order valence-electron chi connectivity index (χ3n) is 5.10. The van der Waals surface area contributed by atoms with E-state index in [1.165, 1.54) is 30.3 Å². The topological polar surface area (TPSA) is 134 Å². The number of hydrogen-bond donors (Lipinski definition) is 3. The van der Waals surface area contributed by atoms with Gasteiger partial charge in [-0.05, 0) is 53.4 Å². The molecule has 1 aliphatic heterocycles. The number of benzene rings is 3. The highest BCUT2D eigenvalue weighted by atomic mass is 31.2. The molecule has 0 unspecified atom stereocenters. The van der Waals surface area contributed by atoms with Crippen LogP contribution in [0.1, 0.15) is 35.7 Å². The first-order valence-electron chi connectivity index (χ1n) is 9.67. The molecular formula is C23H19O8P. The van der Waals surface area contributed by atoms with Crippen LogP contribution < -0.4 is 9.95 Å². The second-order valence-electron chi connectivity index (χ2n) is 7.64. The first kappa shape index (κ1) is 21.8. The molecule has 0 spiro atoms. The Labute approximate surface area is 182 Å². The van der Waals surface area contributed by atoms with Crippen LogP contribution in [0.15, 0.2) is 63.8 Å². The van der Waals surface area contributed by atoms with Crippen molar-refractivity contribution in [2.75, 3.05) is 0 Å². The van der Waals surface area contributed by atoms with Crippen molar-refractivity contribution in [3.63, 3.8) is 0 Å². The summed E-state index contributed by atoms with van der Waals surface area (Å²) in [6.07, 6.45) is 0. The van der Waals surface area contributed by atoms with E-state index in [0.717, 1.165) is 5.56 Å². The monoisotopic (exact) mass is 454 g/mol. The van der Waals surface area contributed by atoms with Crippen molar-refractivity contribution < 1.29 is 33.2 Å². The molecule has 0 amide bonds. The lowest BCUT2D eigenvalue weighted by Crippen LogP contribution is -2.04. The number of phosphoric acid groups is 1. The number of carboxylic acid groups (broad SMARTS) is 1. The van der Waals surface area contributed by atoms with E-state index in [2.05, 4.69) is 4.52 Å². The van der Waals surface area contributed by atoms with Crippen LogP contribution in [-0.2, 0) is 4.57 Å².